The molecule has 2 heterocycles. The molecular weight excluding hydrogens is 1490 g/mol. The molecule has 448 valence electrons. The monoisotopic (exact) mass is 1510 g/mol. The molecule has 4 aromatic carbocycles. The Kier molecular flexibility index (Phi) is 47.5. The second-order valence-electron chi connectivity index (χ2n) is 16.1. The summed E-state index contributed by atoms with van der Waals surface area (Å²) in [5, 5.41) is 46.0. The molecule has 6 rings (SSSR count). The summed E-state index contributed by atoms with van der Waals surface area (Å²) in [5.41, 5.74) is -9.22. The van der Waals surface area contributed by atoms with Crippen LogP contribution in [0.25, 0.3) is 12.2 Å². The van der Waals surface area contributed by atoms with Crippen molar-refractivity contribution < 1.29 is 413 Å². The van der Waals surface area contributed by atoms with Gasteiger partial charge in [-0.05, 0) is 71.8 Å². The first-order valence-electron chi connectivity index (χ1n) is 21.6. The molecule has 0 fully saturated rings. The zero-order valence-corrected chi connectivity index (χ0v) is 75.3. The minimum Gasteiger partial charge on any atom is -0.744 e. The number of carbonyl (C=O) groups is 4. The Labute approximate surface area is 750 Å². The molecule has 0 saturated heterocycles. The van der Waals surface area contributed by atoms with Gasteiger partial charge in [0.05, 0.1) is 76.1 Å². The third-order valence-electron chi connectivity index (χ3n) is 10.2. The number of nitrogens with zero attached hydrogens (tertiary/aromatic N) is 6. The fraction of sp³-hybridized carbons (Fsp3) is 0.100. The first-order chi connectivity index (χ1) is 38.6. The predicted molar refractivity (Wildman–Crippen MR) is 250 cm³/mol. The summed E-state index contributed by atoms with van der Waals surface area (Å²) in [6.45, 7) is 0. The SMILES string of the molecule is O=C([O-])C[C@H](N=c1[nH]c(=Nc2ccc(/C=C/c3ccc(N=c4[nH]c(=Nc5cc(S(=O)(=O)[O-])ccc5S(=O)(=O)[O-])[nH]c(=N[C@@H](CC(=O)[O-])C(=O)[O-])[nH]4)cc3S(=O)(=O)[O-])c(S(=O)(=O)[O-])c2)[nH]c(=Nc2cc(S(=O)(=O)[O-])ccc2S(=O)(=O)[O-])[nH]1)C(=O)[O-].[Na+].[Na+].[Na+].[Na+].[Na+].[Na+].[Na+].[Na+].[Na+].[Na+]. The minimum absolute atomic E-state index is 0. The van der Waals surface area contributed by atoms with Gasteiger partial charge in [0.1, 0.15) is 60.7 Å². The summed E-state index contributed by atoms with van der Waals surface area (Å²) >= 11 is 0. The van der Waals surface area contributed by atoms with Crippen molar-refractivity contribution in [3.8, 4) is 0 Å². The molecule has 2 aromatic heterocycles. The summed E-state index contributed by atoms with van der Waals surface area (Å²) < 4.78 is 219. The molecule has 0 saturated carbocycles. The van der Waals surface area contributed by atoms with E-state index in [1.807, 2.05) is 0 Å². The number of aliphatic carboxylic acids is 4. The van der Waals surface area contributed by atoms with Gasteiger partial charge in [-0.2, -0.15) is 0 Å². The molecule has 38 nitrogen and oxygen atoms in total. The molecular formula is C40H26N12Na10O26S6. The zero-order valence-electron chi connectivity index (χ0n) is 50.4. The number of carboxylic acids is 4. The largest absolute Gasteiger partial charge is 1.00 e. The number of nitrogens with one attached hydrogen (secondary N) is 6. The van der Waals surface area contributed by atoms with E-state index in [0.717, 1.165) is 36.4 Å². The van der Waals surface area contributed by atoms with Crippen LogP contribution >= 0.6 is 0 Å². The number of aromatic nitrogens is 6. The summed E-state index contributed by atoms with van der Waals surface area (Å²) in [5.74, 6) is -8.19. The summed E-state index contributed by atoms with van der Waals surface area (Å²) in [4.78, 5) is 75.1. The van der Waals surface area contributed by atoms with Gasteiger partial charge in [0.2, 0.25) is 33.7 Å². The predicted octanol–water partition coefficient (Wildman–Crippen LogP) is -39.5. The second-order valence-corrected chi connectivity index (χ2v) is 24.3. The third kappa shape index (κ3) is 31.4. The Morgan fingerprint density at radius 1 is 0.351 bits per heavy atom. The van der Waals surface area contributed by atoms with E-state index in [2.05, 4.69) is 59.9 Å². The zero-order chi connectivity index (χ0) is 62.7. The van der Waals surface area contributed by atoms with E-state index in [1.54, 1.807) is 0 Å². The number of benzene rings is 4. The average Bonchev–Trinajstić information content (AvgIpc) is 0.815. The first kappa shape index (κ1) is 103. The van der Waals surface area contributed by atoms with Crippen molar-refractivity contribution in [1.29, 1.82) is 0 Å². The van der Waals surface area contributed by atoms with Crippen LogP contribution in [0.5, 0.6) is 0 Å². The van der Waals surface area contributed by atoms with Crippen molar-refractivity contribution in [2.24, 2.45) is 30.0 Å². The van der Waals surface area contributed by atoms with Gasteiger partial charge in [0.25, 0.3) is 0 Å². The van der Waals surface area contributed by atoms with Crippen molar-refractivity contribution in [3.05, 3.63) is 118 Å². The number of carbonyl (C=O) groups excluding carboxylic acids is 4. The number of rotatable bonds is 20. The Morgan fingerprint density at radius 2 is 0.617 bits per heavy atom. The molecule has 2 atom stereocenters. The van der Waals surface area contributed by atoms with Crippen LogP contribution in [-0.4, -0.2) is 144 Å². The quantitative estimate of drug-likeness (QED) is 0.0235. The molecule has 6 N–H and O–H groups in total. The van der Waals surface area contributed by atoms with Crippen LogP contribution in [0.1, 0.15) is 24.0 Å². The van der Waals surface area contributed by atoms with Crippen molar-refractivity contribution in [1.82, 2.24) is 29.9 Å². The van der Waals surface area contributed by atoms with Gasteiger partial charge in [-0.15, -0.1) is 0 Å². The van der Waals surface area contributed by atoms with Gasteiger partial charge >= 0.3 is 296 Å². The van der Waals surface area contributed by atoms with E-state index in [9.17, 15) is 117 Å². The van der Waals surface area contributed by atoms with Crippen LogP contribution in [-0.2, 0) is 79.9 Å². The Hall–Kier alpha value is 0.780. The average molecular weight is 1510 g/mol. The van der Waals surface area contributed by atoms with Crippen LogP contribution in [0.15, 0.2) is 132 Å². The summed E-state index contributed by atoms with van der Waals surface area (Å²) in [7, 11) is -33.0. The van der Waals surface area contributed by atoms with Crippen LogP contribution in [0.2, 0.25) is 0 Å². The maximum atomic E-state index is 12.7. The Morgan fingerprint density at radius 3 is 0.862 bits per heavy atom. The van der Waals surface area contributed by atoms with E-state index in [4.69, 9.17) is 0 Å². The van der Waals surface area contributed by atoms with Gasteiger partial charge in [0, 0.05) is 24.8 Å². The van der Waals surface area contributed by atoms with E-state index in [1.165, 1.54) is 0 Å². The molecule has 0 spiro atoms. The molecule has 0 aliphatic heterocycles. The van der Waals surface area contributed by atoms with Gasteiger partial charge in [0.15, 0.2) is 0 Å². The van der Waals surface area contributed by atoms with Gasteiger partial charge in [-0.25, -0.2) is 80.5 Å². The molecule has 54 heteroatoms. The number of hydrogen-bond acceptors (Lipinski definition) is 32. The van der Waals surface area contributed by atoms with Crippen LogP contribution in [0.3, 0.4) is 0 Å². The number of H-pyrrole nitrogens is 6. The van der Waals surface area contributed by atoms with E-state index in [0.29, 0.717) is 48.5 Å². The third-order valence-corrected chi connectivity index (χ3v) is 15.4. The first-order valence-corrected chi connectivity index (χ1v) is 30.0. The second kappa shape index (κ2) is 43.1. The molecule has 0 radical (unpaired) electrons. The molecule has 0 aliphatic rings. The van der Waals surface area contributed by atoms with E-state index >= 15 is 0 Å². The Bertz CT molecular complexity index is 4700. The number of hydrogen-bond donors (Lipinski definition) is 6. The van der Waals surface area contributed by atoms with Crippen LogP contribution in [0.4, 0.5) is 22.7 Å². The molecule has 0 bridgehead atoms. The van der Waals surface area contributed by atoms with Gasteiger partial charge < -0.3 is 66.9 Å². The fourth-order valence-corrected chi connectivity index (χ4v) is 10.2. The Balaban J connectivity index is -0.00000264. The van der Waals surface area contributed by atoms with Gasteiger partial charge in [-0.1, -0.05) is 24.3 Å². The van der Waals surface area contributed by atoms with Crippen LogP contribution < -0.4 is 350 Å². The molecule has 0 aliphatic carbocycles. The molecule has 94 heavy (non-hydrogen) atoms. The maximum absolute atomic E-state index is 12.7. The number of carboxylic acid groups (broad SMARTS) is 4. The normalized spacial score (nSPS) is 13.3. The standard InChI is InChI=1S/C40H36N12O26S6.10Na/c53-31(54)15-25(33(57)58)45-39-49-35(47-37(51-39)43-23-13-21(79(61,62)63)7-9-27(23)81(67,68)69)41-19-5-3-17(29(11-19)83(73,74)75)1-2-18-4-6-20(12-30(18)84(76,77)78)42-36-48-38(52-40(50-36)46-26(34(59)60)16-32(55)56)44-24-14-22(80(64,65)66)8-10-28(24)82(70,71)72;;;;;;;;;;/h1-14,25-26H,15-16H2,(H,53,54)(H,55,56)(H,57,58)(H,59,60)(H,61,62,63)(H,64,65,66)(H,67,68,69)(H,70,71,72)(H,73,74,75)(H,76,77,78)(H3,41,43,45,47,49,51)(H3,42,44,46,48,50,52);;;;;;;;;;/q;10*+1/p-10/b2-1+;;;;;;;;;;/t25-,26-;;;;;;;;;;/m0........../s1. The van der Waals surface area contributed by atoms with E-state index < -0.39 is 206 Å². The maximum Gasteiger partial charge on any atom is 1.00 e. The topological polar surface area (TPSA) is 673 Å². The minimum atomic E-state index is -5.62. The van der Waals surface area contributed by atoms with Crippen molar-refractivity contribution in [2.75, 3.05) is 0 Å². The van der Waals surface area contributed by atoms with Crippen molar-refractivity contribution in [2.45, 2.75) is 54.3 Å². The summed E-state index contributed by atoms with van der Waals surface area (Å²) in [6.07, 6.45) is -1.11. The van der Waals surface area contributed by atoms with Crippen molar-refractivity contribution in [3.63, 3.8) is 0 Å². The van der Waals surface area contributed by atoms with Gasteiger partial charge in [-0.3, -0.25) is 29.9 Å². The molecule has 0 unspecified atom stereocenters. The molecule has 6 aromatic rings. The number of aromatic amines is 6. The smallest absolute Gasteiger partial charge is 0.744 e. The van der Waals surface area contributed by atoms with Crippen LogP contribution in [0, 0.1) is 0 Å². The van der Waals surface area contributed by atoms with E-state index in [-0.39, 0.29) is 296 Å². The fourth-order valence-electron chi connectivity index (χ4n) is 6.68. The molecule has 0 amide bonds. The summed E-state index contributed by atoms with van der Waals surface area (Å²) in [6, 6.07) is 2.52. The van der Waals surface area contributed by atoms with Crippen molar-refractivity contribution >= 4 is 119 Å².